The molecule has 0 aromatic carbocycles. The molecule has 0 aliphatic heterocycles. The van der Waals surface area contributed by atoms with Crippen LogP contribution in [-0.2, 0) is 0 Å². The molecule has 0 spiro atoms. The number of halogens is 1. The van der Waals surface area contributed by atoms with Crippen LogP contribution in [0.3, 0.4) is 0 Å². The Kier molecular flexibility index (Phi) is 2.60. The summed E-state index contributed by atoms with van der Waals surface area (Å²) in [6.07, 6.45) is 8.57. The molecule has 0 radical (unpaired) electrons. The summed E-state index contributed by atoms with van der Waals surface area (Å²) in [6.45, 7) is 2.29. The summed E-state index contributed by atoms with van der Waals surface area (Å²) in [4.78, 5) is 0. The lowest BCUT2D eigenvalue weighted by Gasteiger charge is -2.59. The largest absolute Gasteiger partial charge is 0.325 e. The smallest absolute Gasteiger partial charge is 0.0209 e. The molecule has 0 aromatic rings. The van der Waals surface area contributed by atoms with Gasteiger partial charge < -0.3 is 5.73 Å². The molecular formula is C12H22ClN. The van der Waals surface area contributed by atoms with Gasteiger partial charge in [-0.05, 0) is 62.2 Å². The maximum absolute atomic E-state index is 6.59. The van der Waals surface area contributed by atoms with E-state index in [-0.39, 0.29) is 17.9 Å². The number of hydrogen-bond donors (Lipinski definition) is 1. The Morgan fingerprint density at radius 2 is 1.43 bits per heavy atom. The Balaban J connectivity index is 0.000000750. The van der Waals surface area contributed by atoms with Gasteiger partial charge in [-0.1, -0.05) is 6.92 Å². The predicted octanol–water partition coefficient (Wildman–Crippen LogP) is 2.97. The van der Waals surface area contributed by atoms with Crippen molar-refractivity contribution >= 4 is 12.4 Å². The summed E-state index contributed by atoms with van der Waals surface area (Å²) >= 11 is 0. The second-order valence-corrected chi connectivity index (χ2v) is 5.77. The van der Waals surface area contributed by atoms with Crippen molar-refractivity contribution in [2.24, 2.45) is 29.4 Å². The van der Waals surface area contributed by atoms with Crippen LogP contribution < -0.4 is 5.73 Å². The molecule has 2 heteroatoms. The molecule has 0 saturated heterocycles. The van der Waals surface area contributed by atoms with E-state index in [1.807, 2.05) is 0 Å². The normalized spacial score (nSPS) is 54.4. The molecule has 4 aliphatic rings. The van der Waals surface area contributed by atoms with Crippen molar-refractivity contribution in [3.8, 4) is 0 Å². The van der Waals surface area contributed by atoms with Crippen molar-refractivity contribution in [2.45, 2.75) is 51.0 Å². The van der Waals surface area contributed by atoms with Crippen molar-refractivity contribution in [3.63, 3.8) is 0 Å². The fraction of sp³-hybridized carbons (Fsp3) is 1.00. The Morgan fingerprint density at radius 3 is 1.79 bits per heavy atom. The van der Waals surface area contributed by atoms with E-state index < -0.39 is 0 Å². The molecule has 0 unspecified atom stereocenters. The monoisotopic (exact) mass is 215 g/mol. The molecule has 1 nitrogen and oxygen atoms in total. The van der Waals surface area contributed by atoms with Crippen LogP contribution >= 0.6 is 12.4 Å². The van der Waals surface area contributed by atoms with Gasteiger partial charge in [-0.25, -0.2) is 0 Å². The Morgan fingerprint density at radius 1 is 1.00 bits per heavy atom. The molecule has 0 heterocycles. The molecule has 0 aromatic heterocycles. The van der Waals surface area contributed by atoms with Gasteiger partial charge in [0.25, 0.3) is 0 Å². The molecule has 14 heavy (non-hydrogen) atoms. The van der Waals surface area contributed by atoms with Crippen molar-refractivity contribution in [3.05, 3.63) is 0 Å². The van der Waals surface area contributed by atoms with Gasteiger partial charge >= 0.3 is 0 Å². The third-order valence-electron chi connectivity index (χ3n) is 5.27. The highest BCUT2D eigenvalue weighted by Gasteiger charge is 2.54. The zero-order valence-corrected chi connectivity index (χ0v) is 9.85. The highest BCUT2D eigenvalue weighted by atomic mass is 35.5. The van der Waals surface area contributed by atoms with E-state index in [0.717, 1.165) is 23.7 Å². The first-order valence-electron chi connectivity index (χ1n) is 6.01. The van der Waals surface area contributed by atoms with Gasteiger partial charge in [-0.15, -0.1) is 12.4 Å². The van der Waals surface area contributed by atoms with Crippen LogP contribution in [-0.4, -0.2) is 5.54 Å². The Labute approximate surface area is 93.2 Å². The van der Waals surface area contributed by atoms with Gasteiger partial charge in [0.1, 0.15) is 0 Å². The van der Waals surface area contributed by atoms with E-state index in [1.54, 1.807) is 0 Å². The first-order chi connectivity index (χ1) is 6.22. The van der Waals surface area contributed by atoms with Gasteiger partial charge in [-0.2, -0.15) is 0 Å². The second-order valence-electron chi connectivity index (χ2n) is 5.77. The van der Waals surface area contributed by atoms with E-state index in [1.165, 1.54) is 38.5 Å². The van der Waals surface area contributed by atoms with Gasteiger partial charge in [0, 0.05) is 5.54 Å². The standard InChI is InChI=1S/C12H21N.ClH/c1-2-12(13)10-4-8-3-9(6-10)7-11(12)5-8;/h8-11H,2-7,13H2,1H3;1H. The van der Waals surface area contributed by atoms with Gasteiger partial charge in [0.15, 0.2) is 0 Å². The third kappa shape index (κ3) is 1.25. The van der Waals surface area contributed by atoms with Crippen molar-refractivity contribution in [2.75, 3.05) is 0 Å². The highest BCUT2D eigenvalue weighted by Crippen LogP contribution is 2.58. The SMILES string of the molecule is CCC1(N)C2CC3CC(C2)CC1C3.Cl. The second kappa shape index (κ2) is 3.38. The molecule has 4 rings (SSSR count). The molecule has 4 fully saturated rings. The van der Waals surface area contributed by atoms with Crippen molar-refractivity contribution < 1.29 is 0 Å². The summed E-state index contributed by atoms with van der Waals surface area (Å²) in [5, 5.41) is 0. The minimum atomic E-state index is 0. The van der Waals surface area contributed by atoms with Gasteiger partial charge in [-0.3, -0.25) is 0 Å². The lowest BCUT2D eigenvalue weighted by molar-refractivity contribution is -0.0566. The van der Waals surface area contributed by atoms with Crippen LogP contribution in [0.5, 0.6) is 0 Å². The van der Waals surface area contributed by atoms with Crippen LogP contribution in [0.15, 0.2) is 0 Å². The first-order valence-corrected chi connectivity index (χ1v) is 6.01. The average molecular weight is 216 g/mol. The zero-order valence-electron chi connectivity index (χ0n) is 9.04. The molecule has 82 valence electrons. The van der Waals surface area contributed by atoms with Gasteiger partial charge in [0.05, 0.1) is 0 Å². The minimum Gasteiger partial charge on any atom is -0.325 e. The third-order valence-corrected chi connectivity index (χ3v) is 5.27. The maximum atomic E-state index is 6.59. The fourth-order valence-electron chi connectivity index (χ4n) is 4.64. The summed E-state index contributed by atoms with van der Waals surface area (Å²) in [7, 11) is 0. The van der Waals surface area contributed by atoms with Crippen LogP contribution in [0.1, 0.15) is 45.4 Å². The Bertz CT molecular complexity index is 198. The number of rotatable bonds is 1. The molecule has 4 aliphatic carbocycles. The number of nitrogens with two attached hydrogens (primary N) is 1. The number of hydrogen-bond acceptors (Lipinski definition) is 1. The molecule has 0 amide bonds. The van der Waals surface area contributed by atoms with E-state index in [0.29, 0.717) is 0 Å². The van der Waals surface area contributed by atoms with Crippen LogP contribution in [0.2, 0.25) is 0 Å². The lowest BCUT2D eigenvalue weighted by Crippen LogP contribution is -2.62. The topological polar surface area (TPSA) is 26.0 Å². The molecule has 4 saturated carbocycles. The minimum absolute atomic E-state index is 0. The quantitative estimate of drug-likeness (QED) is 0.715. The summed E-state index contributed by atoms with van der Waals surface area (Å²) in [6, 6.07) is 0. The van der Waals surface area contributed by atoms with Crippen LogP contribution in [0, 0.1) is 23.7 Å². The van der Waals surface area contributed by atoms with E-state index in [2.05, 4.69) is 6.92 Å². The fourth-order valence-corrected chi connectivity index (χ4v) is 4.64. The summed E-state index contributed by atoms with van der Waals surface area (Å²) < 4.78 is 0. The van der Waals surface area contributed by atoms with Crippen LogP contribution in [0.4, 0.5) is 0 Å². The van der Waals surface area contributed by atoms with E-state index in [4.69, 9.17) is 5.73 Å². The Hall–Kier alpha value is 0.250. The van der Waals surface area contributed by atoms with Crippen molar-refractivity contribution in [1.29, 1.82) is 0 Å². The van der Waals surface area contributed by atoms with Crippen LogP contribution in [0.25, 0.3) is 0 Å². The van der Waals surface area contributed by atoms with E-state index >= 15 is 0 Å². The van der Waals surface area contributed by atoms with Crippen molar-refractivity contribution in [1.82, 2.24) is 0 Å². The summed E-state index contributed by atoms with van der Waals surface area (Å²) in [5.74, 6) is 3.89. The zero-order chi connectivity index (χ0) is 9.05. The molecule has 4 bridgehead atoms. The van der Waals surface area contributed by atoms with Gasteiger partial charge in [0.2, 0.25) is 0 Å². The first kappa shape index (κ1) is 10.8. The molecule has 2 N–H and O–H groups in total. The lowest BCUT2D eigenvalue weighted by atomic mass is 9.48. The van der Waals surface area contributed by atoms with E-state index in [9.17, 15) is 0 Å². The maximum Gasteiger partial charge on any atom is 0.0209 e. The molecule has 0 atom stereocenters. The highest BCUT2D eigenvalue weighted by molar-refractivity contribution is 5.85. The summed E-state index contributed by atoms with van der Waals surface area (Å²) in [5.41, 5.74) is 6.83. The average Bonchev–Trinajstić information content (AvgIpc) is 2.13. The predicted molar refractivity (Wildman–Crippen MR) is 61.5 cm³/mol. The molecular weight excluding hydrogens is 194 g/mol.